The molecule has 1 aromatic carbocycles. The van der Waals surface area contributed by atoms with Crippen molar-refractivity contribution in [2.45, 2.75) is 18.1 Å². The third-order valence-corrected chi connectivity index (χ3v) is 7.93. The van der Waals surface area contributed by atoms with Gasteiger partial charge in [0.15, 0.2) is 9.84 Å². The maximum absolute atomic E-state index is 13.7. The van der Waals surface area contributed by atoms with Gasteiger partial charge in [-0.3, -0.25) is 9.59 Å². The number of sulfone groups is 1. The van der Waals surface area contributed by atoms with Gasteiger partial charge in [-0.25, -0.2) is 12.8 Å². The van der Waals surface area contributed by atoms with Crippen molar-refractivity contribution in [3.8, 4) is 0 Å². The second-order valence-electron chi connectivity index (χ2n) is 7.03. The molecule has 25 heavy (non-hydrogen) atoms. The number of benzene rings is 1. The molecule has 3 rings (SSSR count). The van der Waals surface area contributed by atoms with Crippen LogP contribution in [0.2, 0.25) is 0 Å². The van der Waals surface area contributed by atoms with Crippen LogP contribution in [0.15, 0.2) is 18.2 Å². The fourth-order valence-electron chi connectivity index (χ4n) is 3.79. The number of carbonyl (C=O) groups excluding carboxylic acids is 2. The minimum absolute atomic E-state index is 0.0195. The van der Waals surface area contributed by atoms with Gasteiger partial charge in [-0.05, 0) is 31.0 Å². The van der Waals surface area contributed by atoms with E-state index in [1.165, 1.54) is 34.9 Å². The first-order valence-electron chi connectivity index (χ1n) is 8.08. The highest BCUT2D eigenvalue weighted by atomic mass is 32.2. The first-order chi connectivity index (χ1) is 11.6. The Labute approximate surface area is 146 Å². The van der Waals surface area contributed by atoms with Gasteiger partial charge in [0.1, 0.15) is 10.6 Å². The summed E-state index contributed by atoms with van der Waals surface area (Å²) in [5.41, 5.74) is 0.462. The van der Waals surface area contributed by atoms with Crippen LogP contribution in [-0.2, 0) is 14.6 Å². The molecule has 136 valence electrons. The lowest BCUT2D eigenvalue weighted by Crippen LogP contribution is -2.69. The summed E-state index contributed by atoms with van der Waals surface area (Å²) in [6, 6.07) is 4.25. The van der Waals surface area contributed by atoms with Crippen molar-refractivity contribution < 1.29 is 22.4 Å². The third-order valence-electron chi connectivity index (χ3n) is 5.37. The highest BCUT2D eigenvalue weighted by Crippen LogP contribution is 2.45. The van der Waals surface area contributed by atoms with E-state index in [4.69, 9.17) is 0 Å². The van der Waals surface area contributed by atoms with E-state index >= 15 is 0 Å². The van der Waals surface area contributed by atoms with E-state index < -0.39 is 32.2 Å². The summed E-state index contributed by atoms with van der Waals surface area (Å²) < 4.78 is 37.6. The first kappa shape index (κ1) is 17.8. The van der Waals surface area contributed by atoms with Crippen molar-refractivity contribution >= 4 is 21.7 Å². The van der Waals surface area contributed by atoms with Crippen molar-refractivity contribution in [3.63, 3.8) is 0 Å². The van der Waals surface area contributed by atoms with Gasteiger partial charge in [-0.2, -0.15) is 0 Å². The maximum atomic E-state index is 13.7. The molecule has 0 N–H and O–H groups in total. The molecule has 6 nitrogen and oxygen atoms in total. The number of hydrogen-bond acceptors (Lipinski definition) is 4. The van der Waals surface area contributed by atoms with Crippen LogP contribution in [0.5, 0.6) is 0 Å². The van der Waals surface area contributed by atoms with Gasteiger partial charge < -0.3 is 9.80 Å². The first-order valence-corrected chi connectivity index (χ1v) is 9.74. The molecule has 1 atom stereocenters. The van der Waals surface area contributed by atoms with Crippen LogP contribution < -0.4 is 0 Å². The zero-order valence-corrected chi connectivity index (χ0v) is 15.3. The predicted molar refractivity (Wildman–Crippen MR) is 90.4 cm³/mol. The van der Waals surface area contributed by atoms with Crippen LogP contribution in [0.1, 0.15) is 22.3 Å². The average molecular weight is 368 g/mol. The molecule has 2 aliphatic rings. The normalized spacial score (nSPS) is 23.4. The summed E-state index contributed by atoms with van der Waals surface area (Å²) in [6.45, 7) is 1.48. The fourth-order valence-corrected chi connectivity index (χ4v) is 6.10. The largest absolute Gasteiger partial charge is 0.349 e. The summed E-state index contributed by atoms with van der Waals surface area (Å²) in [5, 5.41) is 0. The van der Waals surface area contributed by atoms with E-state index in [1.54, 1.807) is 14.1 Å². The summed E-state index contributed by atoms with van der Waals surface area (Å²) >= 11 is 0. The second kappa shape index (κ2) is 5.79. The van der Waals surface area contributed by atoms with Crippen molar-refractivity contribution in [2.75, 3.05) is 32.9 Å². The molecule has 1 spiro atoms. The Hall–Kier alpha value is -1.96. The summed E-state index contributed by atoms with van der Waals surface area (Å²) in [5.74, 6) is -1.78. The minimum Gasteiger partial charge on any atom is -0.349 e. The number of carbonyl (C=O) groups is 2. The molecule has 1 unspecified atom stereocenters. The number of hydrogen-bond donors (Lipinski definition) is 0. The van der Waals surface area contributed by atoms with E-state index in [9.17, 15) is 22.4 Å². The Morgan fingerprint density at radius 3 is 2.52 bits per heavy atom. The second-order valence-corrected chi connectivity index (χ2v) is 9.48. The Morgan fingerprint density at radius 2 is 1.92 bits per heavy atom. The van der Waals surface area contributed by atoms with E-state index in [1.807, 2.05) is 0 Å². The molecular formula is C17H21FN2O4S. The van der Waals surface area contributed by atoms with Gasteiger partial charge in [0.2, 0.25) is 5.91 Å². The number of halogens is 1. The SMILES string of the molecule is Cc1c(F)cccc1C(=O)N1CC2(C1)C(C(=O)N(C)C)CCS2(=O)=O. The number of amides is 2. The lowest BCUT2D eigenvalue weighted by molar-refractivity contribution is -0.135. The van der Waals surface area contributed by atoms with Gasteiger partial charge in [-0.15, -0.1) is 0 Å². The highest BCUT2D eigenvalue weighted by molar-refractivity contribution is 7.93. The standard InChI is InChI=1S/C17H21FN2O4S/c1-11-12(5-4-6-14(11)18)15(21)20-9-17(10-20)13(16(22)19(2)3)7-8-25(17,23)24/h4-6,13H,7-10H2,1-3H3. The zero-order valence-electron chi connectivity index (χ0n) is 14.5. The Balaban J connectivity index is 1.86. The summed E-state index contributed by atoms with van der Waals surface area (Å²) in [7, 11) is -0.268. The highest BCUT2D eigenvalue weighted by Gasteiger charge is 2.65. The monoisotopic (exact) mass is 368 g/mol. The molecule has 0 aromatic heterocycles. The zero-order chi connectivity index (χ0) is 18.6. The number of rotatable bonds is 2. The molecule has 2 aliphatic heterocycles. The van der Waals surface area contributed by atoms with Crippen LogP contribution >= 0.6 is 0 Å². The number of likely N-dealkylation sites (tertiary alicyclic amines) is 1. The number of nitrogens with zero attached hydrogens (tertiary/aromatic N) is 2. The summed E-state index contributed by atoms with van der Waals surface area (Å²) in [6.07, 6.45) is 0.278. The maximum Gasteiger partial charge on any atom is 0.254 e. The summed E-state index contributed by atoms with van der Waals surface area (Å²) in [4.78, 5) is 27.8. The molecule has 2 amide bonds. The van der Waals surface area contributed by atoms with Crippen LogP contribution in [0.3, 0.4) is 0 Å². The van der Waals surface area contributed by atoms with Gasteiger partial charge >= 0.3 is 0 Å². The van der Waals surface area contributed by atoms with Crippen molar-refractivity contribution in [1.82, 2.24) is 9.80 Å². The molecule has 8 heteroatoms. The Kier molecular flexibility index (Phi) is 4.14. The molecule has 1 aromatic rings. The van der Waals surface area contributed by atoms with Gasteiger partial charge in [0.25, 0.3) is 5.91 Å². The van der Waals surface area contributed by atoms with Crippen LogP contribution in [0.4, 0.5) is 4.39 Å². The Bertz CT molecular complexity index is 844. The van der Waals surface area contributed by atoms with Crippen LogP contribution in [-0.4, -0.2) is 67.7 Å². The molecule has 2 heterocycles. The van der Waals surface area contributed by atoms with Crippen molar-refractivity contribution in [3.05, 3.63) is 35.1 Å². The van der Waals surface area contributed by atoms with Gasteiger partial charge in [-0.1, -0.05) is 6.07 Å². The molecule has 0 bridgehead atoms. The molecule has 2 saturated heterocycles. The van der Waals surface area contributed by atoms with Crippen molar-refractivity contribution in [1.29, 1.82) is 0 Å². The molecular weight excluding hydrogens is 347 g/mol. The topological polar surface area (TPSA) is 74.8 Å². The quantitative estimate of drug-likeness (QED) is 0.776. The van der Waals surface area contributed by atoms with Gasteiger partial charge in [0, 0.05) is 32.7 Å². The van der Waals surface area contributed by atoms with E-state index in [0.29, 0.717) is 0 Å². The van der Waals surface area contributed by atoms with Gasteiger partial charge in [0.05, 0.1) is 11.7 Å². The third kappa shape index (κ3) is 2.54. The molecule has 2 fully saturated rings. The lowest BCUT2D eigenvalue weighted by atomic mass is 9.82. The predicted octanol–water partition coefficient (Wildman–Crippen LogP) is 0.852. The minimum atomic E-state index is -3.46. The van der Waals surface area contributed by atoms with E-state index in [-0.39, 0.29) is 42.3 Å². The van der Waals surface area contributed by atoms with E-state index in [0.717, 1.165) is 0 Å². The molecule has 0 saturated carbocycles. The lowest BCUT2D eigenvalue weighted by Gasteiger charge is -2.49. The van der Waals surface area contributed by atoms with Crippen molar-refractivity contribution in [2.24, 2.45) is 5.92 Å². The smallest absolute Gasteiger partial charge is 0.254 e. The van der Waals surface area contributed by atoms with E-state index in [2.05, 4.69) is 0 Å². The van der Waals surface area contributed by atoms with Crippen LogP contribution in [0.25, 0.3) is 0 Å². The van der Waals surface area contributed by atoms with Crippen LogP contribution in [0, 0.1) is 18.7 Å². The molecule has 0 radical (unpaired) electrons. The fraction of sp³-hybridized carbons (Fsp3) is 0.529. The Morgan fingerprint density at radius 1 is 1.28 bits per heavy atom. The molecule has 0 aliphatic carbocycles. The average Bonchev–Trinajstić information content (AvgIpc) is 2.78.